The third-order valence-electron chi connectivity index (χ3n) is 3.74. The van der Waals surface area contributed by atoms with Crippen molar-refractivity contribution in [1.82, 2.24) is 10.6 Å². The minimum atomic E-state index is -1.18. The van der Waals surface area contributed by atoms with E-state index in [1.807, 2.05) is 0 Å². The number of hydrogen-bond donors (Lipinski definition) is 3. The third-order valence-corrected chi connectivity index (χ3v) is 4.27. The van der Waals surface area contributed by atoms with E-state index in [0.717, 1.165) is 4.47 Å². The molecule has 2 aromatic rings. The molecule has 146 valence electrons. The highest BCUT2D eigenvalue weighted by Gasteiger charge is 2.19. The number of hydrogen-bond acceptors (Lipinski definition) is 4. The van der Waals surface area contributed by atoms with E-state index in [0.29, 0.717) is 16.9 Å². The number of carbonyl (C=O) groups is 3. The largest absolute Gasteiger partial charge is 0.497 e. The minimum absolute atomic E-state index is 0.0776. The molecule has 0 radical (unpaired) electrons. The van der Waals surface area contributed by atoms with Crippen LogP contribution in [0.25, 0.3) is 6.08 Å². The van der Waals surface area contributed by atoms with Gasteiger partial charge in [-0.1, -0.05) is 28.1 Å². The summed E-state index contributed by atoms with van der Waals surface area (Å²) in [6, 6.07) is 12.3. The molecule has 3 N–H and O–H groups in total. The van der Waals surface area contributed by atoms with E-state index in [4.69, 9.17) is 9.84 Å². The molecule has 8 heteroatoms. The zero-order chi connectivity index (χ0) is 20.7. The molecular weight excluding hydrogens is 428 g/mol. The SMILES string of the molecule is COc1ccc(/C=C(/NC(=O)c2ccc(Br)cc2)C(=O)N[C@@H](C)C(=O)O)cc1. The molecule has 2 rings (SSSR count). The lowest BCUT2D eigenvalue weighted by atomic mass is 10.1. The molecule has 1 atom stereocenters. The predicted molar refractivity (Wildman–Crippen MR) is 108 cm³/mol. The van der Waals surface area contributed by atoms with Crippen LogP contribution in [0, 0.1) is 0 Å². The zero-order valence-corrected chi connectivity index (χ0v) is 16.8. The number of amides is 2. The van der Waals surface area contributed by atoms with Crippen LogP contribution in [-0.2, 0) is 9.59 Å². The highest BCUT2D eigenvalue weighted by atomic mass is 79.9. The zero-order valence-electron chi connectivity index (χ0n) is 15.2. The Hall–Kier alpha value is -3.13. The van der Waals surface area contributed by atoms with Gasteiger partial charge in [0.15, 0.2) is 0 Å². The first-order chi connectivity index (χ1) is 13.3. The molecule has 0 bridgehead atoms. The van der Waals surface area contributed by atoms with Gasteiger partial charge >= 0.3 is 5.97 Å². The van der Waals surface area contributed by atoms with Gasteiger partial charge in [-0.05, 0) is 55.0 Å². The van der Waals surface area contributed by atoms with Gasteiger partial charge in [-0.25, -0.2) is 0 Å². The van der Waals surface area contributed by atoms with Crippen molar-refractivity contribution in [3.05, 3.63) is 69.8 Å². The van der Waals surface area contributed by atoms with Crippen LogP contribution in [0.5, 0.6) is 5.75 Å². The number of carbonyl (C=O) groups excluding carboxylic acids is 2. The van der Waals surface area contributed by atoms with Crippen LogP contribution in [0.15, 0.2) is 58.7 Å². The summed E-state index contributed by atoms with van der Waals surface area (Å²) in [7, 11) is 1.54. The van der Waals surface area contributed by atoms with Gasteiger partial charge in [0, 0.05) is 10.0 Å². The molecule has 0 unspecified atom stereocenters. The van der Waals surface area contributed by atoms with Gasteiger partial charge in [-0.2, -0.15) is 0 Å². The van der Waals surface area contributed by atoms with Crippen LogP contribution in [0.2, 0.25) is 0 Å². The Balaban J connectivity index is 2.29. The van der Waals surface area contributed by atoms with E-state index in [1.165, 1.54) is 20.1 Å². The van der Waals surface area contributed by atoms with E-state index in [1.54, 1.807) is 48.5 Å². The van der Waals surface area contributed by atoms with Crippen molar-refractivity contribution in [3.8, 4) is 5.75 Å². The van der Waals surface area contributed by atoms with Crippen molar-refractivity contribution >= 4 is 39.8 Å². The van der Waals surface area contributed by atoms with Gasteiger partial charge in [-0.15, -0.1) is 0 Å². The monoisotopic (exact) mass is 446 g/mol. The van der Waals surface area contributed by atoms with Crippen molar-refractivity contribution in [2.24, 2.45) is 0 Å². The molecule has 0 saturated heterocycles. The number of carboxylic acid groups (broad SMARTS) is 1. The molecule has 0 aromatic heterocycles. The van der Waals surface area contributed by atoms with Crippen molar-refractivity contribution < 1.29 is 24.2 Å². The minimum Gasteiger partial charge on any atom is -0.497 e. The van der Waals surface area contributed by atoms with Gasteiger partial charge in [0.2, 0.25) is 0 Å². The van der Waals surface area contributed by atoms with Gasteiger partial charge in [0.05, 0.1) is 7.11 Å². The maximum Gasteiger partial charge on any atom is 0.325 e. The highest BCUT2D eigenvalue weighted by Crippen LogP contribution is 2.15. The van der Waals surface area contributed by atoms with Crippen molar-refractivity contribution in [1.29, 1.82) is 0 Å². The Labute approximate surface area is 170 Å². The Kier molecular flexibility index (Phi) is 7.34. The molecule has 0 aliphatic heterocycles. The Morgan fingerprint density at radius 2 is 1.68 bits per heavy atom. The van der Waals surface area contributed by atoms with E-state index in [2.05, 4.69) is 26.6 Å². The maximum atomic E-state index is 12.5. The van der Waals surface area contributed by atoms with Crippen LogP contribution in [0.3, 0.4) is 0 Å². The topological polar surface area (TPSA) is 105 Å². The summed E-state index contributed by atoms with van der Waals surface area (Å²) in [5.74, 6) is -1.75. The molecule has 0 spiro atoms. The molecule has 28 heavy (non-hydrogen) atoms. The summed E-state index contributed by atoms with van der Waals surface area (Å²) >= 11 is 3.29. The normalized spacial score (nSPS) is 12.0. The van der Waals surface area contributed by atoms with Gasteiger partial charge in [-0.3, -0.25) is 14.4 Å². The van der Waals surface area contributed by atoms with Crippen molar-refractivity contribution in [3.63, 3.8) is 0 Å². The summed E-state index contributed by atoms with van der Waals surface area (Å²) in [6.45, 7) is 1.34. The quantitative estimate of drug-likeness (QED) is 0.567. The standard InChI is InChI=1S/C20H19BrN2O5/c1-12(20(26)27)22-19(25)17(11-13-3-9-16(28-2)10-4-13)23-18(24)14-5-7-15(21)8-6-14/h3-12H,1-2H3,(H,22,25)(H,23,24)(H,26,27)/b17-11+/t12-/m0/s1. The smallest absolute Gasteiger partial charge is 0.325 e. The fraction of sp³-hybridized carbons (Fsp3) is 0.150. The average molecular weight is 447 g/mol. The molecule has 0 aliphatic rings. The summed E-state index contributed by atoms with van der Waals surface area (Å²) in [5.41, 5.74) is 0.902. The van der Waals surface area contributed by atoms with Gasteiger partial charge in [0.25, 0.3) is 11.8 Å². The molecule has 0 fully saturated rings. The van der Waals surface area contributed by atoms with Crippen molar-refractivity contribution in [2.45, 2.75) is 13.0 Å². The van der Waals surface area contributed by atoms with Crippen LogP contribution in [0.1, 0.15) is 22.8 Å². The van der Waals surface area contributed by atoms with Crippen LogP contribution in [0.4, 0.5) is 0 Å². The Bertz CT molecular complexity index is 892. The molecule has 2 aromatic carbocycles. The highest BCUT2D eigenvalue weighted by molar-refractivity contribution is 9.10. The van der Waals surface area contributed by atoms with Crippen molar-refractivity contribution in [2.75, 3.05) is 7.11 Å². The number of aliphatic carboxylic acids is 1. The molecular formula is C20H19BrN2O5. The van der Waals surface area contributed by atoms with Crippen LogP contribution >= 0.6 is 15.9 Å². The number of nitrogens with one attached hydrogen (secondary N) is 2. The second-order valence-electron chi connectivity index (χ2n) is 5.83. The first-order valence-corrected chi connectivity index (χ1v) is 9.06. The molecule has 2 amide bonds. The van der Waals surface area contributed by atoms with E-state index in [-0.39, 0.29) is 5.70 Å². The van der Waals surface area contributed by atoms with Gasteiger partial charge in [0.1, 0.15) is 17.5 Å². The number of carboxylic acids is 1. The molecule has 0 saturated carbocycles. The number of ether oxygens (including phenoxy) is 1. The lowest BCUT2D eigenvalue weighted by Crippen LogP contribution is -2.42. The lowest BCUT2D eigenvalue weighted by molar-refractivity contribution is -0.140. The van der Waals surface area contributed by atoms with E-state index >= 15 is 0 Å². The number of halogens is 1. The maximum absolute atomic E-state index is 12.5. The molecule has 0 heterocycles. The van der Waals surface area contributed by atoms with E-state index < -0.39 is 23.8 Å². The molecule has 0 aliphatic carbocycles. The number of rotatable bonds is 7. The van der Waals surface area contributed by atoms with Crippen LogP contribution < -0.4 is 15.4 Å². The fourth-order valence-electron chi connectivity index (χ4n) is 2.16. The predicted octanol–water partition coefficient (Wildman–Crippen LogP) is 2.82. The summed E-state index contributed by atoms with van der Waals surface area (Å²) in [6.07, 6.45) is 1.46. The third kappa shape index (κ3) is 5.95. The first kappa shape index (κ1) is 21.2. The number of methoxy groups -OCH3 is 1. The second-order valence-corrected chi connectivity index (χ2v) is 6.74. The second kappa shape index (κ2) is 9.70. The van der Waals surface area contributed by atoms with Crippen LogP contribution in [-0.4, -0.2) is 36.0 Å². The summed E-state index contributed by atoms with van der Waals surface area (Å²) < 4.78 is 5.90. The van der Waals surface area contributed by atoms with Gasteiger partial charge < -0.3 is 20.5 Å². The lowest BCUT2D eigenvalue weighted by Gasteiger charge is -2.13. The Morgan fingerprint density at radius 1 is 1.07 bits per heavy atom. The Morgan fingerprint density at radius 3 is 2.21 bits per heavy atom. The molecule has 7 nitrogen and oxygen atoms in total. The summed E-state index contributed by atoms with van der Waals surface area (Å²) in [5, 5.41) is 13.9. The number of benzene rings is 2. The first-order valence-electron chi connectivity index (χ1n) is 8.26. The fourth-order valence-corrected chi connectivity index (χ4v) is 2.42. The summed E-state index contributed by atoms with van der Waals surface area (Å²) in [4.78, 5) is 36.0. The average Bonchev–Trinajstić information content (AvgIpc) is 2.68. The van der Waals surface area contributed by atoms with E-state index in [9.17, 15) is 14.4 Å².